The van der Waals surface area contributed by atoms with Gasteiger partial charge in [-0.15, -0.1) is 0 Å². The number of halogens is 1. The quantitative estimate of drug-likeness (QED) is 0.768. The van der Waals surface area contributed by atoms with Crippen molar-refractivity contribution >= 4 is 17.6 Å². The van der Waals surface area contributed by atoms with E-state index in [2.05, 4.69) is 0 Å². The summed E-state index contributed by atoms with van der Waals surface area (Å²) < 4.78 is 10.7. The van der Waals surface area contributed by atoms with E-state index < -0.39 is 0 Å². The summed E-state index contributed by atoms with van der Waals surface area (Å²) in [6.07, 6.45) is 5.83. The maximum absolute atomic E-state index is 12.0. The van der Waals surface area contributed by atoms with Crippen LogP contribution in [0.2, 0.25) is 5.02 Å². The maximum Gasteiger partial charge on any atom is 0.312 e. The van der Waals surface area contributed by atoms with Crippen LogP contribution in [-0.2, 0) is 9.53 Å². The third-order valence-electron chi connectivity index (χ3n) is 3.97. The second kappa shape index (κ2) is 7.53. The molecule has 0 radical (unpaired) electrons. The summed E-state index contributed by atoms with van der Waals surface area (Å²) in [6, 6.07) is 7.20. The van der Waals surface area contributed by atoms with Crippen molar-refractivity contribution in [2.45, 2.75) is 32.1 Å². The molecule has 0 saturated heterocycles. The Morgan fingerprint density at radius 2 is 1.90 bits per heavy atom. The highest BCUT2D eigenvalue weighted by atomic mass is 35.5. The largest absolute Gasteiger partial charge is 0.493 e. The topological polar surface area (TPSA) is 35.5 Å². The normalized spacial score (nSPS) is 17.5. The molecule has 1 saturated carbocycles. The lowest BCUT2D eigenvalue weighted by atomic mass is 9.80. The minimum absolute atomic E-state index is 0.161. The Balaban J connectivity index is 1.96. The first-order valence-electron chi connectivity index (χ1n) is 7.17. The van der Waals surface area contributed by atoms with Crippen molar-refractivity contribution in [2.75, 3.05) is 13.7 Å². The van der Waals surface area contributed by atoms with E-state index in [9.17, 15) is 4.79 Å². The van der Waals surface area contributed by atoms with Gasteiger partial charge in [0.1, 0.15) is 12.4 Å². The van der Waals surface area contributed by atoms with Crippen LogP contribution in [0, 0.1) is 11.8 Å². The van der Waals surface area contributed by atoms with Crippen molar-refractivity contribution in [2.24, 2.45) is 11.8 Å². The SMILES string of the molecule is COC(=O)C(COc1ccc(Cl)cc1)C1CCCCC1. The van der Waals surface area contributed by atoms with Crippen LogP contribution in [0.5, 0.6) is 5.75 Å². The van der Waals surface area contributed by atoms with Gasteiger partial charge < -0.3 is 9.47 Å². The zero-order valence-corrected chi connectivity index (χ0v) is 12.6. The monoisotopic (exact) mass is 296 g/mol. The second-order valence-electron chi connectivity index (χ2n) is 5.29. The van der Waals surface area contributed by atoms with Gasteiger partial charge in [-0.05, 0) is 43.0 Å². The van der Waals surface area contributed by atoms with Crippen LogP contribution >= 0.6 is 11.6 Å². The minimum atomic E-state index is -0.170. The van der Waals surface area contributed by atoms with Gasteiger partial charge in [-0.25, -0.2) is 0 Å². The lowest BCUT2D eigenvalue weighted by Crippen LogP contribution is -2.31. The van der Waals surface area contributed by atoms with E-state index in [0.29, 0.717) is 17.5 Å². The first kappa shape index (κ1) is 15.2. The van der Waals surface area contributed by atoms with Gasteiger partial charge in [0.2, 0.25) is 0 Å². The van der Waals surface area contributed by atoms with Crippen molar-refractivity contribution in [1.82, 2.24) is 0 Å². The summed E-state index contributed by atoms with van der Waals surface area (Å²) >= 11 is 5.84. The van der Waals surface area contributed by atoms with Gasteiger partial charge in [0.15, 0.2) is 0 Å². The van der Waals surface area contributed by atoms with Gasteiger partial charge in [0.05, 0.1) is 13.0 Å². The van der Waals surface area contributed by atoms with Gasteiger partial charge in [-0.2, -0.15) is 0 Å². The van der Waals surface area contributed by atoms with Crippen LogP contribution < -0.4 is 4.74 Å². The zero-order valence-electron chi connectivity index (χ0n) is 11.8. The minimum Gasteiger partial charge on any atom is -0.493 e. The summed E-state index contributed by atoms with van der Waals surface area (Å²) in [5.74, 6) is 0.782. The van der Waals surface area contributed by atoms with Crippen molar-refractivity contribution in [3.63, 3.8) is 0 Å². The molecule has 20 heavy (non-hydrogen) atoms. The average Bonchev–Trinajstić information content (AvgIpc) is 2.50. The molecule has 1 atom stereocenters. The third-order valence-corrected chi connectivity index (χ3v) is 4.22. The number of esters is 1. The molecule has 4 heteroatoms. The molecule has 0 amide bonds. The van der Waals surface area contributed by atoms with Gasteiger partial charge in [0.25, 0.3) is 0 Å². The summed E-state index contributed by atoms with van der Waals surface area (Å²) in [6.45, 7) is 0.374. The molecule has 2 rings (SSSR count). The molecule has 0 heterocycles. The van der Waals surface area contributed by atoms with Crippen LogP contribution in [0.3, 0.4) is 0 Å². The maximum atomic E-state index is 12.0. The van der Waals surface area contributed by atoms with E-state index in [1.54, 1.807) is 12.1 Å². The number of ether oxygens (including phenoxy) is 2. The molecule has 0 bridgehead atoms. The highest BCUT2D eigenvalue weighted by molar-refractivity contribution is 6.30. The predicted molar refractivity (Wildman–Crippen MR) is 79.0 cm³/mol. The Bertz CT molecular complexity index is 424. The summed E-state index contributed by atoms with van der Waals surface area (Å²) in [5, 5.41) is 0.675. The van der Waals surface area contributed by atoms with Crippen LogP contribution in [-0.4, -0.2) is 19.7 Å². The van der Waals surface area contributed by atoms with Crippen LogP contribution in [0.15, 0.2) is 24.3 Å². The van der Waals surface area contributed by atoms with E-state index in [0.717, 1.165) is 18.6 Å². The molecular formula is C16H21ClO3. The molecule has 1 aliphatic carbocycles. The first-order chi connectivity index (χ1) is 9.70. The van der Waals surface area contributed by atoms with Gasteiger partial charge in [-0.3, -0.25) is 4.79 Å². The van der Waals surface area contributed by atoms with Crippen molar-refractivity contribution in [3.05, 3.63) is 29.3 Å². The highest BCUT2D eigenvalue weighted by Gasteiger charge is 2.31. The fraction of sp³-hybridized carbons (Fsp3) is 0.562. The van der Waals surface area contributed by atoms with E-state index in [1.807, 2.05) is 12.1 Å². The number of carbonyl (C=O) groups excluding carboxylic acids is 1. The average molecular weight is 297 g/mol. The molecule has 1 aliphatic rings. The first-order valence-corrected chi connectivity index (χ1v) is 7.54. The molecule has 0 aromatic heterocycles. The summed E-state index contributed by atoms with van der Waals surface area (Å²) in [7, 11) is 1.44. The van der Waals surface area contributed by atoms with E-state index in [4.69, 9.17) is 21.1 Å². The molecule has 3 nitrogen and oxygen atoms in total. The van der Waals surface area contributed by atoms with Crippen molar-refractivity contribution < 1.29 is 14.3 Å². The molecule has 0 N–H and O–H groups in total. The van der Waals surface area contributed by atoms with E-state index in [1.165, 1.54) is 26.4 Å². The Hall–Kier alpha value is -1.22. The molecule has 0 aliphatic heterocycles. The lowest BCUT2D eigenvalue weighted by molar-refractivity contribution is -0.149. The van der Waals surface area contributed by atoms with Crippen molar-refractivity contribution in [1.29, 1.82) is 0 Å². The van der Waals surface area contributed by atoms with E-state index >= 15 is 0 Å². The molecular weight excluding hydrogens is 276 g/mol. The standard InChI is InChI=1S/C16H21ClO3/c1-19-16(18)15(12-5-3-2-4-6-12)11-20-14-9-7-13(17)8-10-14/h7-10,12,15H,2-6,11H2,1H3. The summed E-state index contributed by atoms with van der Waals surface area (Å²) in [4.78, 5) is 12.0. The highest BCUT2D eigenvalue weighted by Crippen LogP contribution is 2.31. The Labute approximate surface area is 125 Å². The fourth-order valence-electron chi connectivity index (χ4n) is 2.80. The fourth-order valence-corrected chi connectivity index (χ4v) is 2.93. The van der Waals surface area contributed by atoms with Crippen molar-refractivity contribution in [3.8, 4) is 5.75 Å². The molecule has 1 fully saturated rings. The van der Waals surface area contributed by atoms with Gasteiger partial charge >= 0.3 is 5.97 Å². The molecule has 1 aromatic rings. The van der Waals surface area contributed by atoms with Gasteiger partial charge in [-0.1, -0.05) is 30.9 Å². The van der Waals surface area contributed by atoms with Crippen LogP contribution in [0.1, 0.15) is 32.1 Å². The summed E-state index contributed by atoms with van der Waals surface area (Å²) in [5.41, 5.74) is 0. The Morgan fingerprint density at radius 3 is 2.50 bits per heavy atom. The number of methoxy groups -OCH3 is 1. The smallest absolute Gasteiger partial charge is 0.312 e. The van der Waals surface area contributed by atoms with E-state index in [-0.39, 0.29) is 11.9 Å². The molecule has 1 unspecified atom stereocenters. The zero-order chi connectivity index (χ0) is 14.4. The van der Waals surface area contributed by atoms with Crippen LogP contribution in [0.25, 0.3) is 0 Å². The number of benzene rings is 1. The number of rotatable bonds is 5. The number of hydrogen-bond acceptors (Lipinski definition) is 3. The molecule has 110 valence electrons. The molecule has 1 aromatic carbocycles. The Kier molecular flexibility index (Phi) is 5.72. The van der Waals surface area contributed by atoms with Gasteiger partial charge in [0, 0.05) is 5.02 Å². The molecule has 0 spiro atoms. The predicted octanol–water partition coefficient (Wildman–Crippen LogP) is 4.09. The van der Waals surface area contributed by atoms with Crippen LogP contribution in [0.4, 0.5) is 0 Å². The number of hydrogen-bond donors (Lipinski definition) is 0. The third kappa shape index (κ3) is 4.14. The second-order valence-corrected chi connectivity index (χ2v) is 5.73. The lowest BCUT2D eigenvalue weighted by Gasteiger charge is -2.28. The number of carbonyl (C=O) groups is 1. The Morgan fingerprint density at radius 1 is 1.25 bits per heavy atom.